The maximum Gasteiger partial charge on any atom is 0.235 e. The van der Waals surface area contributed by atoms with Gasteiger partial charge in [-0.3, -0.25) is 4.79 Å². The Balaban J connectivity index is 1.57. The highest BCUT2D eigenvalue weighted by molar-refractivity contribution is 5.85. The molecule has 9 atom stereocenters. The van der Waals surface area contributed by atoms with Crippen LogP contribution in [0.1, 0.15) is 106 Å². The van der Waals surface area contributed by atoms with Crippen LogP contribution in [-0.2, 0) is 9.59 Å². The Morgan fingerprint density at radius 1 is 0.909 bits per heavy atom. The molecule has 0 aromatic carbocycles. The summed E-state index contributed by atoms with van der Waals surface area (Å²) in [5, 5.41) is 0. The molecule has 0 bridgehead atoms. The standard InChI is InChI=1S/C30H45NO2/c1-19(2)20-10-15-30(31-18-32)17-16-28(6)21(25(20)30)8-9-23-27(5)13-12-24(33)26(3,4)22(27)11-14-29(23,28)7/h20-23,25H,1,8-17H2,2-7H3/t20-,21+,22-,23+,25-,27-,28+,29+,30+/m0/s1. The molecule has 0 spiro atoms. The largest absolute Gasteiger partial charge is 0.299 e. The Hall–Kier alpha value is -1.21. The highest BCUT2D eigenvalue weighted by atomic mass is 16.1. The first-order valence-electron chi connectivity index (χ1n) is 13.7. The number of hydrogen-bond acceptors (Lipinski definition) is 3. The fraction of sp³-hybridized carbons (Fsp3) is 0.867. The van der Waals surface area contributed by atoms with Gasteiger partial charge in [-0.2, -0.15) is 4.99 Å². The normalized spacial score (nSPS) is 52.5. The summed E-state index contributed by atoms with van der Waals surface area (Å²) in [4.78, 5) is 29.1. The van der Waals surface area contributed by atoms with Crippen molar-refractivity contribution in [3.63, 3.8) is 0 Å². The fourth-order valence-electron chi connectivity index (χ4n) is 11.2. The molecule has 5 saturated carbocycles. The first kappa shape index (κ1) is 23.5. The lowest BCUT2D eigenvalue weighted by molar-refractivity contribution is -0.227. The van der Waals surface area contributed by atoms with Crippen LogP contribution in [0.5, 0.6) is 0 Å². The molecule has 0 radical (unpaired) electrons. The van der Waals surface area contributed by atoms with Gasteiger partial charge in [0.2, 0.25) is 6.08 Å². The quantitative estimate of drug-likeness (QED) is 0.251. The molecule has 0 aromatic rings. The van der Waals surface area contributed by atoms with Crippen LogP contribution < -0.4 is 0 Å². The summed E-state index contributed by atoms with van der Waals surface area (Å²) in [6.45, 7) is 18.8. The molecular formula is C30H45NO2. The average molecular weight is 452 g/mol. The molecule has 3 nitrogen and oxygen atoms in total. The number of carbonyl (C=O) groups is 1. The van der Waals surface area contributed by atoms with Crippen LogP contribution in [-0.4, -0.2) is 17.4 Å². The van der Waals surface area contributed by atoms with E-state index in [-0.39, 0.29) is 27.2 Å². The number of ketones is 1. The number of fused-ring (bicyclic) bond motifs is 7. The summed E-state index contributed by atoms with van der Waals surface area (Å²) in [7, 11) is 0. The first-order chi connectivity index (χ1) is 15.4. The van der Waals surface area contributed by atoms with E-state index < -0.39 is 0 Å². The van der Waals surface area contributed by atoms with Gasteiger partial charge in [-0.1, -0.05) is 46.8 Å². The van der Waals surface area contributed by atoms with Crippen molar-refractivity contribution in [2.45, 2.75) is 111 Å². The molecule has 0 heterocycles. The van der Waals surface area contributed by atoms with Gasteiger partial charge in [0.1, 0.15) is 5.78 Å². The number of isocyanates is 1. The van der Waals surface area contributed by atoms with Gasteiger partial charge in [0.05, 0.1) is 5.54 Å². The van der Waals surface area contributed by atoms with Gasteiger partial charge in [0.25, 0.3) is 0 Å². The van der Waals surface area contributed by atoms with Crippen LogP contribution >= 0.6 is 0 Å². The van der Waals surface area contributed by atoms with Crippen LogP contribution in [0.2, 0.25) is 0 Å². The summed E-state index contributed by atoms with van der Waals surface area (Å²) in [5.74, 6) is 3.16. The van der Waals surface area contributed by atoms with Gasteiger partial charge in [0.15, 0.2) is 0 Å². The molecule has 0 unspecified atom stereocenters. The van der Waals surface area contributed by atoms with Crippen LogP contribution in [0.15, 0.2) is 17.1 Å². The Bertz CT molecular complexity index is 930. The van der Waals surface area contributed by atoms with Gasteiger partial charge in [-0.25, -0.2) is 4.79 Å². The van der Waals surface area contributed by atoms with Gasteiger partial charge >= 0.3 is 0 Å². The van der Waals surface area contributed by atoms with Gasteiger partial charge in [0, 0.05) is 11.8 Å². The highest BCUT2D eigenvalue weighted by Gasteiger charge is 2.71. The van der Waals surface area contributed by atoms with Crippen molar-refractivity contribution in [3.8, 4) is 0 Å². The van der Waals surface area contributed by atoms with Crippen molar-refractivity contribution in [1.82, 2.24) is 0 Å². The second-order valence-electron chi connectivity index (χ2n) is 14.1. The van der Waals surface area contributed by atoms with Gasteiger partial charge < -0.3 is 0 Å². The van der Waals surface area contributed by atoms with E-state index in [0.717, 1.165) is 32.1 Å². The second-order valence-corrected chi connectivity index (χ2v) is 14.1. The summed E-state index contributed by atoms with van der Waals surface area (Å²) in [6, 6.07) is 0. The number of allylic oxidation sites excluding steroid dienone is 1. The van der Waals surface area contributed by atoms with E-state index in [2.05, 4.69) is 53.1 Å². The lowest BCUT2D eigenvalue weighted by atomic mass is 9.32. The number of aliphatic imine (C=N–C) groups is 1. The topological polar surface area (TPSA) is 46.5 Å². The van der Waals surface area contributed by atoms with E-state index in [1.165, 1.54) is 37.7 Å². The van der Waals surface area contributed by atoms with Crippen molar-refractivity contribution in [2.75, 3.05) is 0 Å². The average Bonchev–Trinajstić information content (AvgIpc) is 3.12. The molecule has 0 N–H and O–H groups in total. The van der Waals surface area contributed by atoms with E-state index in [4.69, 9.17) is 0 Å². The third-order valence-corrected chi connectivity index (χ3v) is 13.0. The number of hydrogen-bond donors (Lipinski definition) is 0. The summed E-state index contributed by atoms with van der Waals surface area (Å²) in [6.07, 6.45) is 13.1. The van der Waals surface area contributed by atoms with Crippen LogP contribution in [0.4, 0.5) is 0 Å². The SMILES string of the molecule is C=C(C)[C@@H]1CC[C@@]2(N=C=O)CC[C@]3(C)[C@H](CC[C@@H]4[C@@]5(C)CCC(=O)C(C)(C)[C@@H]5CC[C@]43C)[C@H]12. The Morgan fingerprint density at radius 2 is 1.64 bits per heavy atom. The number of carbonyl (C=O) groups excluding carboxylic acids is 2. The maximum atomic E-state index is 12.9. The monoisotopic (exact) mass is 451 g/mol. The summed E-state index contributed by atoms with van der Waals surface area (Å²) >= 11 is 0. The summed E-state index contributed by atoms with van der Waals surface area (Å²) in [5.41, 5.74) is 1.65. The van der Waals surface area contributed by atoms with E-state index in [9.17, 15) is 9.59 Å². The molecule has 5 fully saturated rings. The predicted molar refractivity (Wildman–Crippen MR) is 132 cm³/mol. The van der Waals surface area contributed by atoms with E-state index in [0.29, 0.717) is 35.4 Å². The molecule has 5 rings (SSSR count). The number of nitrogens with zero attached hydrogens (tertiary/aromatic N) is 1. The molecule has 3 heteroatoms. The third-order valence-electron chi connectivity index (χ3n) is 13.0. The Morgan fingerprint density at radius 3 is 2.30 bits per heavy atom. The fourth-order valence-corrected chi connectivity index (χ4v) is 11.2. The van der Waals surface area contributed by atoms with Crippen molar-refractivity contribution < 1.29 is 9.59 Å². The molecular weight excluding hydrogens is 406 g/mol. The molecule has 5 aliphatic carbocycles. The maximum absolute atomic E-state index is 12.9. The zero-order chi connectivity index (χ0) is 24.0. The van der Waals surface area contributed by atoms with Crippen molar-refractivity contribution in [2.24, 2.45) is 56.2 Å². The third kappa shape index (κ3) is 2.78. The molecule has 0 aliphatic heterocycles. The zero-order valence-electron chi connectivity index (χ0n) is 21.9. The van der Waals surface area contributed by atoms with Crippen LogP contribution in [0.25, 0.3) is 0 Å². The van der Waals surface area contributed by atoms with E-state index >= 15 is 0 Å². The highest BCUT2D eigenvalue weighted by Crippen LogP contribution is 2.76. The number of rotatable bonds is 2. The van der Waals surface area contributed by atoms with E-state index in [1.807, 2.05) is 6.08 Å². The molecule has 182 valence electrons. The molecule has 0 saturated heterocycles. The van der Waals surface area contributed by atoms with Crippen molar-refractivity contribution in [3.05, 3.63) is 12.2 Å². The van der Waals surface area contributed by atoms with E-state index in [1.54, 1.807) is 0 Å². The zero-order valence-corrected chi connectivity index (χ0v) is 21.9. The smallest absolute Gasteiger partial charge is 0.235 e. The van der Waals surface area contributed by atoms with Crippen molar-refractivity contribution >= 4 is 11.9 Å². The van der Waals surface area contributed by atoms with Crippen LogP contribution in [0.3, 0.4) is 0 Å². The molecule has 0 amide bonds. The lowest BCUT2D eigenvalue weighted by Gasteiger charge is -2.72. The predicted octanol–water partition coefficient (Wildman–Crippen LogP) is 7.30. The van der Waals surface area contributed by atoms with Crippen LogP contribution in [0, 0.1) is 51.2 Å². The Labute approximate surface area is 201 Å². The minimum absolute atomic E-state index is 0.191. The first-order valence-corrected chi connectivity index (χ1v) is 13.7. The van der Waals surface area contributed by atoms with Crippen molar-refractivity contribution in [1.29, 1.82) is 0 Å². The minimum Gasteiger partial charge on any atom is -0.299 e. The molecule has 0 aromatic heterocycles. The Kier molecular flexibility index (Phi) is 5.10. The second kappa shape index (κ2) is 7.16. The lowest BCUT2D eigenvalue weighted by Crippen LogP contribution is -2.66. The number of Topliss-reactive ketones (excluding diaryl/α,β-unsaturated/α-hetero) is 1. The molecule has 5 aliphatic rings. The van der Waals surface area contributed by atoms with Gasteiger partial charge in [-0.15, -0.1) is 0 Å². The molecule has 33 heavy (non-hydrogen) atoms. The minimum atomic E-state index is -0.209. The van der Waals surface area contributed by atoms with Gasteiger partial charge in [-0.05, 0) is 111 Å². The summed E-state index contributed by atoms with van der Waals surface area (Å²) < 4.78 is 0.